The van der Waals surface area contributed by atoms with E-state index in [9.17, 15) is 8.42 Å². The Kier molecular flexibility index (Phi) is 4.20. The Bertz CT molecular complexity index is 568. The molecule has 0 N–H and O–H groups in total. The molecule has 3 rings (SSSR count). The van der Waals surface area contributed by atoms with Crippen molar-refractivity contribution in [2.45, 2.75) is 49.5 Å². The molecule has 1 aliphatic carbocycles. The van der Waals surface area contributed by atoms with E-state index in [4.69, 9.17) is 0 Å². The zero-order valence-electron chi connectivity index (χ0n) is 11.5. The van der Waals surface area contributed by atoms with Gasteiger partial charge in [-0.3, -0.25) is 0 Å². The van der Waals surface area contributed by atoms with Crippen LogP contribution >= 0.6 is 15.9 Å². The first-order chi connectivity index (χ1) is 9.59. The van der Waals surface area contributed by atoms with Crippen LogP contribution in [0.15, 0.2) is 33.6 Å². The molecule has 1 aromatic rings. The molecule has 0 amide bonds. The van der Waals surface area contributed by atoms with E-state index in [0.29, 0.717) is 17.4 Å². The SMILES string of the molecule is O=S(=O)(c1ccc(Br)cc1)N1CCC[C@H]2CCCC[C@H]21. The molecule has 110 valence electrons. The van der Waals surface area contributed by atoms with Crippen LogP contribution in [0, 0.1) is 5.92 Å². The Labute approximate surface area is 129 Å². The number of hydrogen-bond donors (Lipinski definition) is 0. The molecule has 20 heavy (non-hydrogen) atoms. The quantitative estimate of drug-likeness (QED) is 0.807. The number of hydrogen-bond acceptors (Lipinski definition) is 2. The van der Waals surface area contributed by atoms with Gasteiger partial charge in [-0.15, -0.1) is 0 Å². The first kappa shape index (κ1) is 14.5. The van der Waals surface area contributed by atoms with Crippen LogP contribution in [0.4, 0.5) is 0 Å². The maximum absolute atomic E-state index is 12.9. The number of rotatable bonds is 2. The summed E-state index contributed by atoms with van der Waals surface area (Å²) in [6, 6.07) is 7.23. The van der Waals surface area contributed by atoms with Crippen LogP contribution in [0.3, 0.4) is 0 Å². The second-order valence-corrected chi connectivity index (χ2v) is 8.63. The molecule has 3 nitrogen and oxygen atoms in total. The summed E-state index contributed by atoms with van der Waals surface area (Å²) in [4.78, 5) is 0.423. The van der Waals surface area contributed by atoms with E-state index in [-0.39, 0.29) is 6.04 Å². The molecule has 1 saturated heterocycles. The topological polar surface area (TPSA) is 37.4 Å². The highest BCUT2D eigenvalue weighted by Gasteiger charge is 2.39. The van der Waals surface area contributed by atoms with E-state index in [1.54, 1.807) is 28.6 Å². The van der Waals surface area contributed by atoms with Gasteiger partial charge in [-0.2, -0.15) is 4.31 Å². The number of piperidine rings is 1. The molecule has 0 radical (unpaired) electrons. The molecular weight excluding hydrogens is 338 g/mol. The van der Waals surface area contributed by atoms with E-state index in [2.05, 4.69) is 15.9 Å². The van der Waals surface area contributed by atoms with E-state index >= 15 is 0 Å². The van der Waals surface area contributed by atoms with E-state index in [1.807, 2.05) is 0 Å². The zero-order chi connectivity index (χ0) is 14.2. The van der Waals surface area contributed by atoms with E-state index in [0.717, 1.165) is 23.7 Å². The lowest BCUT2D eigenvalue weighted by molar-refractivity contribution is 0.129. The minimum atomic E-state index is -3.34. The fourth-order valence-corrected chi connectivity index (χ4v) is 5.64. The summed E-state index contributed by atoms with van der Waals surface area (Å²) < 4.78 is 28.4. The van der Waals surface area contributed by atoms with Gasteiger partial charge in [0.25, 0.3) is 0 Å². The lowest BCUT2D eigenvalue weighted by atomic mass is 9.79. The van der Waals surface area contributed by atoms with Crippen molar-refractivity contribution in [2.75, 3.05) is 6.54 Å². The fraction of sp³-hybridized carbons (Fsp3) is 0.600. The van der Waals surface area contributed by atoms with Gasteiger partial charge in [0, 0.05) is 17.1 Å². The zero-order valence-corrected chi connectivity index (χ0v) is 13.9. The molecule has 1 heterocycles. The van der Waals surface area contributed by atoms with Gasteiger partial charge in [-0.05, 0) is 55.9 Å². The molecule has 2 fully saturated rings. The van der Waals surface area contributed by atoms with E-state index < -0.39 is 10.0 Å². The first-order valence-corrected chi connectivity index (χ1v) is 9.60. The van der Waals surface area contributed by atoms with Crippen LogP contribution in [-0.4, -0.2) is 25.3 Å². The lowest BCUT2D eigenvalue weighted by Gasteiger charge is -2.43. The molecule has 5 heteroatoms. The summed E-state index contributed by atoms with van der Waals surface area (Å²) in [6.45, 7) is 0.680. The first-order valence-electron chi connectivity index (χ1n) is 7.36. The monoisotopic (exact) mass is 357 g/mol. The molecule has 2 aliphatic rings. The molecule has 1 saturated carbocycles. The minimum absolute atomic E-state index is 0.228. The van der Waals surface area contributed by atoms with Gasteiger partial charge in [-0.1, -0.05) is 28.8 Å². The van der Waals surface area contributed by atoms with Crippen molar-refractivity contribution in [3.63, 3.8) is 0 Å². The molecule has 1 aliphatic heterocycles. The van der Waals surface area contributed by atoms with Gasteiger partial charge in [0.05, 0.1) is 4.90 Å². The standard InChI is InChI=1S/C15H20BrNO2S/c16-13-7-9-14(10-8-13)20(18,19)17-11-3-5-12-4-1-2-6-15(12)17/h7-10,12,15H,1-6,11H2/t12-,15-/m1/s1. The van der Waals surface area contributed by atoms with Gasteiger partial charge < -0.3 is 0 Å². The molecule has 0 unspecified atom stereocenters. The highest BCUT2D eigenvalue weighted by molar-refractivity contribution is 9.10. The van der Waals surface area contributed by atoms with Crippen LogP contribution in [0.25, 0.3) is 0 Å². The summed E-state index contributed by atoms with van der Waals surface area (Å²) in [5, 5.41) is 0. The maximum Gasteiger partial charge on any atom is 0.243 e. The Morgan fingerprint density at radius 2 is 1.65 bits per heavy atom. The highest BCUT2D eigenvalue weighted by atomic mass is 79.9. The van der Waals surface area contributed by atoms with Crippen molar-refractivity contribution in [1.82, 2.24) is 4.31 Å². The molecular formula is C15H20BrNO2S. The molecule has 0 aromatic heterocycles. The third-order valence-corrected chi connectivity index (χ3v) is 7.08. The number of nitrogens with zero attached hydrogens (tertiary/aromatic N) is 1. The number of fused-ring (bicyclic) bond motifs is 1. The van der Waals surface area contributed by atoms with Crippen LogP contribution < -0.4 is 0 Å². The van der Waals surface area contributed by atoms with E-state index in [1.165, 1.54) is 19.3 Å². The summed E-state index contributed by atoms with van der Waals surface area (Å²) in [7, 11) is -3.34. The molecule has 1 aromatic carbocycles. The van der Waals surface area contributed by atoms with Crippen LogP contribution in [-0.2, 0) is 10.0 Å². The van der Waals surface area contributed by atoms with Crippen molar-refractivity contribution in [3.05, 3.63) is 28.7 Å². The van der Waals surface area contributed by atoms with Crippen molar-refractivity contribution in [2.24, 2.45) is 5.92 Å². The summed E-state index contributed by atoms with van der Waals surface area (Å²) in [5.41, 5.74) is 0. The van der Waals surface area contributed by atoms with Gasteiger partial charge in [0.15, 0.2) is 0 Å². The third-order valence-electron chi connectivity index (χ3n) is 4.61. The van der Waals surface area contributed by atoms with Gasteiger partial charge in [0.1, 0.15) is 0 Å². The normalized spacial score (nSPS) is 28.1. The Morgan fingerprint density at radius 3 is 2.40 bits per heavy atom. The molecule has 0 spiro atoms. The predicted molar refractivity (Wildman–Crippen MR) is 83.0 cm³/mol. The fourth-order valence-electron chi connectivity index (χ4n) is 3.62. The average Bonchev–Trinajstić information content (AvgIpc) is 2.47. The predicted octanol–water partition coefficient (Wildman–Crippen LogP) is 3.79. The third kappa shape index (κ3) is 2.68. The number of sulfonamides is 1. The maximum atomic E-state index is 12.9. The van der Waals surface area contributed by atoms with Crippen molar-refractivity contribution < 1.29 is 8.42 Å². The second-order valence-electron chi connectivity index (χ2n) is 5.82. The van der Waals surface area contributed by atoms with Crippen LogP contribution in [0.5, 0.6) is 0 Å². The Morgan fingerprint density at radius 1 is 1.00 bits per heavy atom. The number of benzene rings is 1. The smallest absolute Gasteiger partial charge is 0.207 e. The van der Waals surface area contributed by atoms with Gasteiger partial charge >= 0.3 is 0 Å². The second kappa shape index (κ2) is 5.78. The Hall–Kier alpha value is -0.390. The summed E-state index contributed by atoms with van der Waals surface area (Å²) in [6.07, 6.45) is 6.83. The van der Waals surface area contributed by atoms with Crippen molar-refractivity contribution >= 4 is 26.0 Å². The lowest BCUT2D eigenvalue weighted by Crippen LogP contribution is -2.49. The van der Waals surface area contributed by atoms with Crippen LogP contribution in [0.1, 0.15) is 38.5 Å². The largest absolute Gasteiger partial charge is 0.243 e. The highest BCUT2D eigenvalue weighted by Crippen LogP contribution is 2.38. The van der Waals surface area contributed by atoms with Gasteiger partial charge in [0.2, 0.25) is 10.0 Å². The Balaban J connectivity index is 1.91. The molecule has 0 bridgehead atoms. The number of halogens is 1. The van der Waals surface area contributed by atoms with Crippen molar-refractivity contribution in [1.29, 1.82) is 0 Å². The summed E-state index contributed by atoms with van der Waals surface area (Å²) >= 11 is 3.36. The minimum Gasteiger partial charge on any atom is -0.207 e. The van der Waals surface area contributed by atoms with Crippen LogP contribution in [0.2, 0.25) is 0 Å². The molecule has 2 atom stereocenters. The summed E-state index contributed by atoms with van der Waals surface area (Å²) in [5.74, 6) is 0.572. The van der Waals surface area contributed by atoms with Gasteiger partial charge in [-0.25, -0.2) is 8.42 Å². The average molecular weight is 358 g/mol. The van der Waals surface area contributed by atoms with Crippen molar-refractivity contribution in [3.8, 4) is 0 Å².